The molecule has 2 fully saturated rings. The lowest BCUT2D eigenvalue weighted by atomic mass is 9.88. The van der Waals surface area contributed by atoms with Gasteiger partial charge in [-0.3, -0.25) is 9.59 Å². The van der Waals surface area contributed by atoms with Crippen molar-refractivity contribution in [2.45, 2.75) is 62.1 Å². The van der Waals surface area contributed by atoms with Crippen molar-refractivity contribution in [2.24, 2.45) is 5.92 Å². The third kappa shape index (κ3) is 6.10. The van der Waals surface area contributed by atoms with Gasteiger partial charge in [-0.2, -0.15) is 0 Å². The number of halogens is 3. The van der Waals surface area contributed by atoms with E-state index in [0.29, 0.717) is 27.6 Å². The van der Waals surface area contributed by atoms with Gasteiger partial charge in [0.15, 0.2) is 0 Å². The number of sulfonamides is 1. The molecule has 1 saturated heterocycles. The van der Waals surface area contributed by atoms with E-state index >= 15 is 0 Å². The highest BCUT2D eigenvalue weighted by Gasteiger charge is 2.57. The number of amides is 1. The monoisotopic (exact) mass is 662 g/mol. The SMILES string of the molecule is CC[C@@H](CNS(=O)(=O)C1(c2ccccc2F)CC1)N1C(=O)[C@@H]([C@H](C)C(=O)O)O[C@H](c2cccc(Cl)c2)[C@H]1c1ccc(Cl)cc1. The van der Waals surface area contributed by atoms with Crippen LogP contribution in [0.3, 0.4) is 0 Å². The molecule has 1 aliphatic carbocycles. The summed E-state index contributed by atoms with van der Waals surface area (Å²) in [7, 11) is -4.08. The second-order valence-electron chi connectivity index (χ2n) is 11.3. The Kier molecular flexibility index (Phi) is 9.39. The Morgan fingerprint density at radius 2 is 1.75 bits per heavy atom. The Balaban J connectivity index is 1.56. The third-order valence-electron chi connectivity index (χ3n) is 8.57. The summed E-state index contributed by atoms with van der Waals surface area (Å²) >= 11 is 12.5. The van der Waals surface area contributed by atoms with Gasteiger partial charge in [-0.15, -0.1) is 0 Å². The van der Waals surface area contributed by atoms with Crippen LogP contribution >= 0.6 is 23.2 Å². The molecule has 3 aromatic rings. The Morgan fingerprint density at radius 1 is 1.07 bits per heavy atom. The van der Waals surface area contributed by atoms with Crippen LogP contribution in [-0.2, 0) is 29.1 Å². The maximum absolute atomic E-state index is 14.7. The van der Waals surface area contributed by atoms with Crippen LogP contribution in [0.5, 0.6) is 0 Å². The van der Waals surface area contributed by atoms with E-state index in [4.69, 9.17) is 27.9 Å². The Bertz CT molecular complexity index is 1650. The number of nitrogens with one attached hydrogen (secondary N) is 1. The summed E-state index contributed by atoms with van der Waals surface area (Å²) in [5.74, 6) is -3.60. The number of nitrogens with zero attached hydrogens (tertiary/aromatic N) is 1. The molecule has 2 N–H and O–H groups in total. The molecular weight excluding hydrogens is 630 g/mol. The van der Waals surface area contributed by atoms with E-state index < -0.39 is 62.7 Å². The van der Waals surface area contributed by atoms with Gasteiger partial charge in [-0.05, 0) is 67.6 Å². The lowest BCUT2D eigenvalue weighted by Crippen LogP contribution is -2.59. The van der Waals surface area contributed by atoms with E-state index in [2.05, 4.69) is 4.72 Å². The third-order valence-corrected chi connectivity index (χ3v) is 11.3. The quantitative estimate of drug-likeness (QED) is 0.251. The van der Waals surface area contributed by atoms with Crippen molar-refractivity contribution in [3.05, 3.63) is 105 Å². The molecule has 1 aliphatic heterocycles. The van der Waals surface area contributed by atoms with Crippen molar-refractivity contribution in [1.29, 1.82) is 0 Å². The first kappa shape index (κ1) is 32.4. The number of morpholine rings is 1. The number of carbonyl (C=O) groups excluding carboxylic acids is 1. The molecule has 0 aromatic heterocycles. The highest BCUT2D eigenvalue weighted by Crippen LogP contribution is 2.53. The molecule has 44 heavy (non-hydrogen) atoms. The fourth-order valence-electron chi connectivity index (χ4n) is 5.94. The summed E-state index contributed by atoms with van der Waals surface area (Å²) in [4.78, 5) is 27.9. The number of rotatable bonds is 11. The molecule has 5 atom stereocenters. The highest BCUT2D eigenvalue weighted by atomic mass is 35.5. The molecule has 12 heteroatoms. The van der Waals surface area contributed by atoms with Gasteiger partial charge in [0.2, 0.25) is 10.0 Å². The summed E-state index contributed by atoms with van der Waals surface area (Å²) in [5, 5.41) is 10.8. The number of aliphatic carboxylic acids is 1. The van der Waals surface area contributed by atoms with E-state index in [-0.39, 0.29) is 24.9 Å². The number of carbonyl (C=O) groups is 2. The van der Waals surface area contributed by atoms with Gasteiger partial charge in [-0.1, -0.05) is 72.6 Å². The molecule has 0 spiro atoms. The zero-order valence-corrected chi connectivity index (χ0v) is 26.4. The van der Waals surface area contributed by atoms with Crippen LogP contribution in [0.25, 0.3) is 0 Å². The Hall–Kier alpha value is -3.02. The summed E-state index contributed by atoms with van der Waals surface area (Å²) in [6, 6.07) is 18.1. The van der Waals surface area contributed by atoms with Crippen LogP contribution in [-0.4, -0.2) is 49.0 Å². The van der Waals surface area contributed by atoms with Gasteiger partial charge in [0.25, 0.3) is 5.91 Å². The molecule has 2 aliphatic rings. The number of carboxylic acid groups (broad SMARTS) is 1. The topological polar surface area (TPSA) is 113 Å². The van der Waals surface area contributed by atoms with Crippen LogP contribution < -0.4 is 4.72 Å². The zero-order chi connectivity index (χ0) is 31.8. The van der Waals surface area contributed by atoms with Gasteiger partial charge in [-0.25, -0.2) is 17.5 Å². The second-order valence-corrected chi connectivity index (χ2v) is 14.2. The predicted octanol–water partition coefficient (Wildman–Crippen LogP) is 6.25. The van der Waals surface area contributed by atoms with Crippen LogP contribution in [0, 0.1) is 11.7 Å². The van der Waals surface area contributed by atoms with E-state index in [9.17, 15) is 27.5 Å². The number of benzene rings is 3. The van der Waals surface area contributed by atoms with Crippen molar-refractivity contribution in [3.63, 3.8) is 0 Å². The summed E-state index contributed by atoms with van der Waals surface area (Å²) in [6.07, 6.45) is -1.36. The standard InChI is InChI=1S/C32H33Cl2FN2O6S/c1-3-24(18-36-44(41,42)32(15-16-32)25-9-4-5-10-26(25)35)37-27(20-11-13-22(33)14-12-20)29(21-7-6-8-23(34)17-21)43-28(30(37)38)19(2)31(39)40/h4-14,17,19,24,27-29,36H,3,15-16,18H2,1-2H3,(H,39,40)/t19-,24-,27+,28+,29+/m0/s1. The van der Waals surface area contributed by atoms with E-state index in [1.165, 1.54) is 30.0 Å². The van der Waals surface area contributed by atoms with Crippen LogP contribution in [0.4, 0.5) is 4.39 Å². The fraction of sp³-hybridized carbons (Fsp3) is 0.375. The van der Waals surface area contributed by atoms with E-state index in [0.717, 1.165) is 0 Å². The minimum absolute atomic E-state index is 0.110. The number of carboxylic acids is 1. The van der Waals surface area contributed by atoms with Crippen molar-refractivity contribution < 1.29 is 32.2 Å². The first-order chi connectivity index (χ1) is 20.9. The van der Waals surface area contributed by atoms with Crippen molar-refractivity contribution in [2.75, 3.05) is 6.54 Å². The normalized spacial score (nSPS) is 22.8. The maximum Gasteiger partial charge on any atom is 0.309 e. The van der Waals surface area contributed by atoms with Crippen molar-refractivity contribution in [3.8, 4) is 0 Å². The fourth-order valence-corrected chi connectivity index (χ4v) is 8.05. The first-order valence-corrected chi connectivity index (χ1v) is 16.6. The highest BCUT2D eigenvalue weighted by molar-refractivity contribution is 7.90. The summed E-state index contributed by atoms with van der Waals surface area (Å²) in [5.41, 5.74) is 1.38. The molecule has 1 amide bonds. The number of hydrogen-bond acceptors (Lipinski definition) is 5. The van der Waals surface area contributed by atoms with Gasteiger partial charge in [0, 0.05) is 28.2 Å². The van der Waals surface area contributed by atoms with Crippen LogP contribution in [0.2, 0.25) is 10.0 Å². The van der Waals surface area contributed by atoms with Crippen LogP contribution in [0.1, 0.15) is 61.9 Å². The minimum Gasteiger partial charge on any atom is -0.481 e. The first-order valence-electron chi connectivity index (χ1n) is 14.4. The lowest BCUT2D eigenvalue weighted by Gasteiger charge is -2.49. The Morgan fingerprint density at radius 3 is 2.34 bits per heavy atom. The predicted molar refractivity (Wildman–Crippen MR) is 165 cm³/mol. The molecule has 1 saturated carbocycles. The average molecular weight is 664 g/mol. The molecule has 3 aromatic carbocycles. The lowest BCUT2D eigenvalue weighted by molar-refractivity contribution is -0.190. The molecular formula is C32H33Cl2FN2O6S. The van der Waals surface area contributed by atoms with Gasteiger partial charge in [0.05, 0.1) is 12.0 Å². The molecule has 1 heterocycles. The summed E-state index contributed by atoms with van der Waals surface area (Å²) in [6.45, 7) is 3.03. The summed E-state index contributed by atoms with van der Waals surface area (Å²) < 4.78 is 49.8. The maximum atomic E-state index is 14.7. The molecule has 0 bridgehead atoms. The van der Waals surface area contributed by atoms with Gasteiger partial charge < -0.3 is 14.7 Å². The van der Waals surface area contributed by atoms with Crippen LogP contribution in [0.15, 0.2) is 72.8 Å². The van der Waals surface area contributed by atoms with Gasteiger partial charge in [0.1, 0.15) is 22.8 Å². The molecule has 0 radical (unpaired) electrons. The molecule has 5 rings (SSSR count). The molecule has 234 valence electrons. The largest absolute Gasteiger partial charge is 0.481 e. The average Bonchev–Trinajstić information content (AvgIpc) is 3.81. The second kappa shape index (κ2) is 12.8. The van der Waals surface area contributed by atoms with E-state index in [1.807, 2.05) is 6.92 Å². The number of hydrogen-bond donors (Lipinski definition) is 2. The molecule has 8 nitrogen and oxygen atoms in total. The Labute approximate surface area is 266 Å². The minimum atomic E-state index is -4.08. The van der Waals surface area contributed by atoms with E-state index in [1.54, 1.807) is 54.6 Å². The van der Waals surface area contributed by atoms with Gasteiger partial charge >= 0.3 is 5.97 Å². The molecule has 0 unspecified atom stereocenters. The smallest absolute Gasteiger partial charge is 0.309 e. The number of ether oxygens (including phenoxy) is 1. The van der Waals surface area contributed by atoms with Crippen molar-refractivity contribution in [1.82, 2.24) is 9.62 Å². The zero-order valence-electron chi connectivity index (χ0n) is 24.1. The van der Waals surface area contributed by atoms with Crippen molar-refractivity contribution >= 4 is 45.1 Å².